The summed E-state index contributed by atoms with van der Waals surface area (Å²) in [6.07, 6.45) is 0.744. The van der Waals surface area contributed by atoms with Crippen LogP contribution in [0.2, 0.25) is 0 Å². The van der Waals surface area contributed by atoms with Crippen molar-refractivity contribution in [2.45, 2.75) is 12.5 Å². The van der Waals surface area contributed by atoms with Gasteiger partial charge >= 0.3 is 0 Å². The fraction of sp³-hybridized carbons (Fsp3) is 0.143. The normalized spacial score (nSPS) is 16.1. The maximum absolute atomic E-state index is 14.2. The van der Waals surface area contributed by atoms with Crippen LogP contribution >= 0.6 is 0 Å². The number of ether oxygens (including phenoxy) is 1. The van der Waals surface area contributed by atoms with Crippen LogP contribution in [0.1, 0.15) is 22.7 Å². The van der Waals surface area contributed by atoms with E-state index in [1.165, 1.54) is 6.07 Å². The molecule has 0 saturated heterocycles. The highest BCUT2D eigenvalue weighted by Crippen LogP contribution is 2.37. The summed E-state index contributed by atoms with van der Waals surface area (Å²) in [6, 6.07) is 16.7. The fourth-order valence-electron chi connectivity index (χ4n) is 3.27. The zero-order valence-electron chi connectivity index (χ0n) is 13.9. The summed E-state index contributed by atoms with van der Waals surface area (Å²) >= 11 is 0. The maximum Gasteiger partial charge on any atom is 0.165 e. The summed E-state index contributed by atoms with van der Waals surface area (Å²) in [5, 5.41) is 23.0. The standard InChI is InChI=1S/C21H18FNO3/c22-17-7-6-14(11-20(17)26-15-4-2-1-3-5-15)21-16-12-19(25)18(24)10-13(16)8-9-23-21/h1-7,10-12,21,23-25H,8-9H2. The lowest BCUT2D eigenvalue weighted by atomic mass is 9.89. The zero-order chi connectivity index (χ0) is 18.1. The average Bonchev–Trinajstić information content (AvgIpc) is 2.65. The van der Waals surface area contributed by atoms with E-state index < -0.39 is 5.82 Å². The van der Waals surface area contributed by atoms with Gasteiger partial charge in [0, 0.05) is 6.54 Å². The molecule has 0 saturated carbocycles. The Balaban J connectivity index is 1.71. The van der Waals surface area contributed by atoms with Crippen LogP contribution in [-0.4, -0.2) is 16.8 Å². The minimum atomic E-state index is -0.442. The molecule has 1 aliphatic heterocycles. The van der Waals surface area contributed by atoms with Gasteiger partial charge in [-0.05, 0) is 59.5 Å². The van der Waals surface area contributed by atoms with E-state index in [1.54, 1.807) is 36.4 Å². The first-order chi connectivity index (χ1) is 12.6. The van der Waals surface area contributed by atoms with Crippen molar-refractivity contribution in [3.05, 3.63) is 83.2 Å². The van der Waals surface area contributed by atoms with Crippen molar-refractivity contribution >= 4 is 0 Å². The number of phenols is 2. The molecule has 1 unspecified atom stereocenters. The number of phenolic OH excluding ortho intramolecular Hbond substituents is 2. The van der Waals surface area contributed by atoms with Crippen LogP contribution in [0, 0.1) is 5.82 Å². The molecule has 0 bridgehead atoms. The van der Waals surface area contributed by atoms with Gasteiger partial charge in [0.1, 0.15) is 5.75 Å². The number of halogens is 1. The van der Waals surface area contributed by atoms with E-state index in [0.717, 1.165) is 23.1 Å². The molecule has 0 amide bonds. The molecule has 132 valence electrons. The second-order valence-corrected chi connectivity index (χ2v) is 6.28. The Morgan fingerprint density at radius 3 is 2.54 bits per heavy atom. The summed E-state index contributed by atoms with van der Waals surface area (Å²) in [5.74, 6) is -0.0344. The van der Waals surface area contributed by atoms with Crippen molar-refractivity contribution in [3.63, 3.8) is 0 Å². The van der Waals surface area contributed by atoms with Gasteiger partial charge in [-0.25, -0.2) is 4.39 Å². The second-order valence-electron chi connectivity index (χ2n) is 6.28. The molecule has 26 heavy (non-hydrogen) atoms. The van der Waals surface area contributed by atoms with Crippen LogP contribution in [0.4, 0.5) is 4.39 Å². The molecule has 0 radical (unpaired) electrons. The summed E-state index contributed by atoms with van der Waals surface area (Å²) in [4.78, 5) is 0. The second kappa shape index (κ2) is 6.69. The van der Waals surface area contributed by atoms with Crippen molar-refractivity contribution in [2.75, 3.05) is 6.54 Å². The van der Waals surface area contributed by atoms with Crippen LogP contribution in [0.25, 0.3) is 0 Å². The molecule has 3 N–H and O–H groups in total. The molecule has 0 aliphatic carbocycles. The molecule has 1 atom stereocenters. The van der Waals surface area contributed by atoms with Gasteiger partial charge in [-0.2, -0.15) is 0 Å². The Morgan fingerprint density at radius 2 is 1.73 bits per heavy atom. The third-order valence-corrected chi connectivity index (χ3v) is 4.55. The smallest absolute Gasteiger partial charge is 0.165 e. The highest BCUT2D eigenvalue weighted by atomic mass is 19.1. The maximum atomic E-state index is 14.2. The molecule has 0 fully saturated rings. The molecule has 1 heterocycles. The van der Waals surface area contributed by atoms with E-state index in [9.17, 15) is 14.6 Å². The first kappa shape index (κ1) is 16.4. The van der Waals surface area contributed by atoms with Crippen molar-refractivity contribution in [2.24, 2.45) is 0 Å². The minimum Gasteiger partial charge on any atom is -0.504 e. The highest BCUT2D eigenvalue weighted by Gasteiger charge is 2.24. The van der Waals surface area contributed by atoms with Crippen LogP contribution < -0.4 is 10.1 Å². The van der Waals surface area contributed by atoms with E-state index in [2.05, 4.69) is 5.32 Å². The molecule has 3 aromatic rings. The Morgan fingerprint density at radius 1 is 0.962 bits per heavy atom. The van der Waals surface area contributed by atoms with Gasteiger partial charge < -0.3 is 20.3 Å². The van der Waals surface area contributed by atoms with Gasteiger partial charge in [-0.1, -0.05) is 24.3 Å². The van der Waals surface area contributed by atoms with E-state index >= 15 is 0 Å². The van der Waals surface area contributed by atoms with E-state index in [0.29, 0.717) is 12.3 Å². The van der Waals surface area contributed by atoms with Crippen LogP contribution in [0.5, 0.6) is 23.0 Å². The molecule has 4 rings (SSSR count). The van der Waals surface area contributed by atoms with E-state index in [1.807, 2.05) is 18.2 Å². The lowest BCUT2D eigenvalue weighted by molar-refractivity contribution is 0.400. The van der Waals surface area contributed by atoms with Crippen molar-refractivity contribution < 1.29 is 19.3 Å². The predicted molar refractivity (Wildman–Crippen MR) is 96.2 cm³/mol. The molecule has 0 spiro atoms. The molecular formula is C21H18FNO3. The molecule has 4 nitrogen and oxygen atoms in total. The number of hydrogen-bond donors (Lipinski definition) is 3. The monoisotopic (exact) mass is 351 g/mol. The number of para-hydroxylation sites is 1. The summed E-state index contributed by atoms with van der Waals surface area (Å²) < 4.78 is 19.9. The summed E-state index contributed by atoms with van der Waals surface area (Å²) in [7, 11) is 0. The Kier molecular flexibility index (Phi) is 4.22. The molecular weight excluding hydrogens is 333 g/mol. The Bertz CT molecular complexity index is 943. The molecule has 5 heteroatoms. The van der Waals surface area contributed by atoms with Gasteiger partial charge in [0.15, 0.2) is 23.1 Å². The van der Waals surface area contributed by atoms with Gasteiger partial charge in [-0.15, -0.1) is 0 Å². The van der Waals surface area contributed by atoms with E-state index in [4.69, 9.17) is 4.74 Å². The summed E-state index contributed by atoms with van der Waals surface area (Å²) in [6.45, 7) is 0.716. The number of rotatable bonds is 3. The summed E-state index contributed by atoms with van der Waals surface area (Å²) in [5.41, 5.74) is 2.64. The topological polar surface area (TPSA) is 61.7 Å². The van der Waals surface area contributed by atoms with Gasteiger partial charge in [0.25, 0.3) is 0 Å². The first-order valence-corrected chi connectivity index (χ1v) is 8.42. The van der Waals surface area contributed by atoms with Crippen LogP contribution in [-0.2, 0) is 6.42 Å². The van der Waals surface area contributed by atoms with Crippen molar-refractivity contribution in [3.8, 4) is 23.0 Å². The number of benzene rings is 3. The number of hydrogen-bond acceptors (Lipinski definition) is 4. The van der Waals surface area contributed by atoms with Crippen molar-refractivity contribution in [1.29, 1.82) is 0 Å². The van der Waals surface area contributed by atoms with Gasteiger partial charge in [0.2, 0.25) is 0 Å². The van der Waals surface area contributed by atoms with E-state index in [-0.39, 0.29) is 23.3 Å². The quantitative estimate of drug-likeness (QED) is 0.617. The number of aromatic hydroxyl groups is 2. The molecule has 1 aliphatic rings. The Labute approximate surface area is 150 Å². The van der Waals surface area contributed by atoms with Crippen molar-refractivity contribution in [1.82, 2.24) is 5.32 Å². The lowest BCUT2D eigenvalue weighted by Crippen LogP contribution is -2.30. The van der Waals surface area contributed by atoms with Gasteiger partial charge in [0.05, 0.1) is 6.04 Å². The third kappa shape index (κ3) is 3.09. The van der Waals surface area contributed by atoms with Crippen LogP contribution in [0.3, 0.4) is 0 Å². The fourth-order valence-corrected chi connectivity index (χ4v) is 3.27. The lowest BCUT2D eigenvalue weighted by Gasteiger charge is -2.28. The van der Waals surface area contributed by atoms with Gasteiger partial charge in [-0.3, -0.25) is 0 Å². The molecule has 3 aromatic carbocycles. The minimum absolute atomic E-state index is 0.128. The predicted octanol–water partition coefficient (Wildman–Crippen LogP) is 4.26. The number of fused-ring (bicyclic) bond motifs is 1. The average molecular weight is 351 g/mol. The first-order valence-electron chi connectivity index (χ1n) is 8.42. The largest absolute Gasteiger partial charge is 0.504 e. The third-order valence-electron chi connectivity index (χ3n) is 4.55. The Hall–Kier alpha value is -3.05. The zero-order valence-corrected chi connectivity index (χ0v) is 13.9. The highest BCUT2D eigenvalue weighted by molar-refractivity contribution is 5.51. The molecule has 0 aromatic heterocycles. The SMILES string of the molecule is Oc1cc2c(cc1O)C(c1ccc(F)c(Oc3ccccc3)c1)NCC2. The van der Waals surface area contributed by atoms with Crippen LogP contribution in [0.15, 0.2) is 60.7 Å². The number of nitrogens with one attached hydrogen (secondary N) is 1.